The van der Waals surface area contributed by atoms with Gasteiger partial charge in [0.25, 0.3) is 5.91 Å². The molecule has 21 heavy (non-hydrogen) atoms. The lowest BCUT2D eigenvalue weighted by atomic mass is 10.2. The molecule has 116 valence electrons. The van der Waals surface area contributed by atoms with E-state index in [-0.39, 0.29) is 35.6 Å². The number of hydrogen-bond donors (Lipinski definition) is 2. The van der Waals surface area contributed by atoms with Crippen LogP contribution >= 0.6 is 0 Å². The average molecular weight is 295 g/mol. The summed E-state index contributed by atoms with van der Waals surface area (Å²) < 4.78 is 9.80. The third kappa shape index (κ3) is 4.66. The first-order valence-corrected chi connectivity index (χ1v) is 6.85. The monoisotopic (exact) mass is 295 g/mol. The number of nitrogens with one attached hydrogen (secondary N) is 1. The summed E-state index contributed by atoms with van der Waals surface area (Å²) in [6.45, 7) is 3.55. The molecule has 6 nitrogen and oxygen atoms in total. The highest BCUT2D eigenvalue weighted by Crippen LogP contribution is 2.29. The van der Waals surface area contributed by atoms with E-state index in [0.717, 1.165) is 12.8 Å². The van der Waals surface area contributed by atoms with Crippen LogP contribution < -0.4 is 10.1 Å². The van der Waals surface area contributed by atoms with Gasteiger partial charge in [-0.05, 0) is 25.0 Å². The van der Waals surface area contributed by atoms with E-state index in [1.165, 1.54) is 19.2 Å². The SMILES string of the molecule is CCC(CC)NC(=O)COC(=O)c1cccc(OC)c1O. The molecule has 1 aromatic carbocycles. The summed E-state index contributed by atoms with van der Waals surface area (Å²) in [5.74, 6) is -1.26. The van der Waals surface area contributed by atoms with Crippen LogP contribution in [0, 0.1) is 0 Å². The summed E-state index contributed by atoms with van der Waals surface area (Å²) in [5, 5.41) is 12.6. The van der Waals surface area contributed by atoms with Gasteiger partial charge in [0.05, 0.1) is 7.11 Å². The van der Waals surface area contributed by atoms with Crippen LogP contribution in [0.1, 0.15) is 37.0 Å². The Morgan fingerprint density at radius 1 is 1.29 bits per heavy atom. The first-order valence-electron chi connectivity index (χ1n) is 6.85. The van der Waals surface area contributed by atoms with Gasteiger partial charge in [-0.1, -0.05) is 19.9 Å². The highest BCUT2D eigenvalue weighted by molar-refractivity contribution is 5.94. The van der Waals surface area contributed by atoms with Gasteiger partial charge in [0.1, 0.15) is 5.56 Å². The molecular formula is C15H21NO5. The van der Waals surface area contributed by atoms with Gasteiger partial charge in [0, 0.05) is 6.04 Å². The van der Waals surface area contributed by atoms with E-state index in [1.54, 1.807) is 6.07 Å². The van der Waals surface area contributed by atoms with Crippen LogP contribution in [0.3, 0.4) is 0 Å². The van der Waals surface area contributed by atoms with Crippen molar-refractivity contribution < 1.29 is 24.2 Å². The minimum absolute atomic E-state index is 0.0373. The summed E-state index contributed by atoms with van der Waals surface area (Å²) in [5.41, 5.74) is -0.0373. The standard InChI is InChI=1S/C15H21NO5/c1-4-10(5-2)16-13(17)9-21-15(19)11-7-6-8-12(20-3)14(11)18/h6-8,10,18H,4-5,9H2,1-3H3,(H,16,17). The molecule has 0 aromatic heterocycles. The van der Waals surface area contributed by atoms with Crippen molar-refractivity contribution in [2.75, 3.05) is 13.7 Å². The largest absolute Gasteiger partial charge is 0.504 e. The summed E-state index contributed by atoms with van der Waals surface area (Å²) in [4.78, 5) is 23.5. The van der Waals surface area contributed by atoms with Crippen molar-refractivity contribution in [3.05, 3.63) is 23.8 Å². The Labute approximate surface area is 124 Å². The molecule has 0 spiro atoms. The maximum Gasteiger partial charge on any atom is 0.342 e. The second-order valence-corrected chi connectivity index (χ2v) is 4.51. The Balaban J connectivity index is 2.60. The third-order valence-electron chi connectivity index (χ3n) is 3.12. The van der Waals surface area contributed by atoms with Gasteiger partial charge in [-0.3, -0.25) is 4.79 Å². The Morgan fingerprint density at radius 3 is 2.52 bits per heavy atom. The lowest BCUT2D eigenvalue weighted by molar-refractivity contribution is -0.125. The van der Waals surface area contributed by atoms with Gasteiger partial charge in [-0.15, -0.1) is 0 Å². The number of aromatic hydroxyl groups is 1. The average Bonchev–Trinajstić information content (AvgIpc) is 2.50. The van der Waals surface area contributed by atoms with Gasteiger partial charge in [-0.25, -0.2) is 4.79 Å². The maximum absolute atomic E-state index is 11.8. The highest BCUT2D eigenvalue weighted by atomic mass is 16.5. The quantitative estimate of drug-likeness (QED) is 0.750. The molecule has 0 saturated carbocycles. The van der Waals surface area contributed by atoms with Crippen LogP contribution in [0.5, 0.6) is 11.5 Å². The zero-order chi connectivity index (χ0) is 15.8. The fourth-order valence-electron chi connectivity index (χ4n) is 1.82. The fourth-order valence-corrected chi connectivity index (χ4v) is 1.82. The maximum atomic E-state index is 11.8. The molecule has 2 N–H and O–H groups in total. The van der Waals surface area contributed by atoms with Crippen LogP contribution in [0.2, 0.25) is 0 Å². The molecule has 0 radical (unpaired) electrons. The van der Waals surface area contributed by atoms with Crippen molar-refractivity contribution in [2.45, 2.75) is 32.7 Å². The smallest absolute Gasteiger partial charge is 0.342 e. The number of carbonyl (C=O) groups excluding carboxylic acids is 2. The Kier molecular flexibility index (Phi) is 6.52. The number of esters is 1. The number of methoxy groups -OCH3 is 1. The first kappa shape index (κ1) is 16.8. The topological polar surface area (TPSA) is 84.9 Å². The highest BCUT2D eigenvalue weighted by Gasteiger charge is 2.17. The summed E-state index contributed by atoms with van der Waals surface area (Å²) >= 11 is 0. The molecule has 0 atom stereocenters. The molecule has 0 saturated heterocycles. The van der Waals surface area contributed by atoms with Crippen LogP contribution in [0.4, 0.5) is 0 Å². The van der Waals surface area contributed by atoms with Crippen LogP contribution in [0.15, 0.2) is 18.2 Å². The van der Waals surface area contributed by atoms with Crippen molar-refractivity contribution in [3.8, 4) is 11.5 Å². The number of phenolic OH excluding ortho intramolecular Hbond substituents is 1. The Morgan fingerprint density at radius 2 is 1.95 bits per heavy atom. The van der Waals surface area contributed by atoms with Gasteiger partial charge in [0.15, 0.2) is 18.1 Å². The first-order chi connectivity index (χ1) is 10.0. The number of amides is 1. The molecule has 0 bridgehead atoms. The van der Waals surface area contributed by atoms with Crippen LogP contribution in [-0.4, -0.2) is 36.7 Å². The number of phenols is 1. The number of benzene rings is 1. The fraction of sp³-hybridized carbons (Fsp3) is 0.467. The molecule has 0 unspecified atom stereocenters. The normalized spacial score (nSPS) is 10.3. The predicted molar refractivity (Wildman–Crippen MR) is 77.5 cm³/mol. The summed E-state index contributed by atoms with van der Waals surface area (Å²) in [6, 6.07) is 4.55. The minimum Gasteiger partial charge on any atom is -0.504 e. The molecule has 0 heterocycles. The third-order valence-corrected chi connectivity index (χ3v) is 3.12. The summed E-state index contributed by atoms with van der Waals surface area (Å²) in [7, 11) is 1.38. The molecule has 0 fully saturated rings. The molecule has 1 amide bonds. The molecule has 0 aliphatic rings. The second kappa shape index (κ2) is 8.14. The zero-order valence-corrected chi connectivity index (χ0v) is 12.5. The zero-order valence-electron chi connectivity index (χ0n) is 12.5. The van der Waals surface area contributed by atoms with Crippen molar-refractivity contribution in [3.63, 3.8) is 0 Å². The number of hydrogen-bond acceptors (Lipinski definition) is 5. The molecule has 1 rings (SSSR count). The number of carbonyl (C=O) groups is 2. The molecule has 0 aliphatic heterocycles. The lowest BCUT2D eigenvalue weighted by Gasteiger charge is -2.14. The van der Waals surface area contributed by atoms with E-state index in [1.807, 2.05) is 13.8 Å². The molecular weight excluding hydrogens is 274 g/mol. The van der Waals surface area contributed by atoms with Crippen LogP contribution in [-0.2, 0) is 9.53 Å². The van der Waals surface area contributed by atoms with E-state index in [2.05, 4.69) is 5.32 Å². The summed E-state index contributed by atoms with van der Waals surface area (Å²) in [6.07, 6.45) is 1.62. The Hall–Kier alpha value is -2.24. The van der Waals surface area contributed by atoms with Gasteiger partial charge < -0.3 is 19.9 Å². The number of rotatable bonds is 7. The molecule has 1 aromatic rings. The lowest BCUT2D eigenvalue weighted by Crippen LogP contribution is -2.36. The van der Waals surface area contributed by atoms with E-state index < -0.39 is 5.97 Å². The van der Waals surface area contributed by atoms with Crippen molar-refractivity contribution >= 4 is 11.9 Å². The Bertz CT molecular complexity index is 497. The van der Waals surface area contributed by atoms with Gasteiger partial charge in [0.2, 0.25) is 0 Å². The van der Waals surface area contributed by atoms with E-state index in [0.29, 0.717) is 0 Å². The van der Waals surface area contributed by atoms with E-state index in [9.17, 15) is 14.7 Å². The molecule has 6 heteroatoms. The number of para-hydroxylation sites is 1. The van der Waals surface area contributed by atoms with Gasteiger partial charge in [-0.2, -0.15) is 0 Å². The van der Waals surface area contributed by atoms with Crippen LogP contribution in [0.25, 0.3) is 0 Å². The number of ether oxygens (including phenoxy) is 2. The van der Waals surface area contributed by atoms with Crippen molar-refractivity contribution in [1.29, 1.82) is 0 Å². The molecule has 0 aliphatic carbocycles. The van der Waals surface area contributed by atoms with Crippen molar-refractivity contribution in [1.82, 2.24) is 5.32 Å². The van der Waals surface area contributed by atoms with Gasteiger partial charge >= 0.3 is 5.97 Å². The van der Waals surface area contributed by atoms with E-state index >= 15 is 0 Å². The predicted octanol–water partition coefficient (Wildman–Crippen LogP) is 1.86. The van der Waals surface area contributed by atoms with E-state index in [4.69, 9.17) is 9.47 Å². The van der Waals surface area contributed by atoms with Crippen molar-refractivity contribution in [2.24, 2.45) is 0 Å². The second-order valence-electron chi connectivity index (χ2n) is 4.51. The minimum atomic E-state index is -0.772.